The number of aryl methyl sites for hydroxylation is 5. The van der Waals surface area contributed by atoms with Crippen molar-refractivity contribution in [1.82, 2.24) is 10.2 Å². The zero-order chi connectivity index (χ0) is 85.0. The average molecular weight is 1680 g/mol. The molecule has 3 unspecified atom stereocenters. The van der Waals surface area contributed by atoms with Gasteiger partial charge >= 0.3 is 12.2 Å². The number of hydrogen-bond donors (Lipinski definition) is 4. The van der Waals surface area contributed by atoms with Crippen molar-refractivity contribution in [3.63, 3.8) is 0 Å². The normalized spacial score (nSPS) is 11.5. The summed E-state index contributed by atoms with van der Waals surface area (Å²) in [5.74, 6) is 0. The van der Waals surface area contributed by atoms with E-state index in [1.165, 1.54) is 33.4 Å². The predicted molar refractivity (Wildman–Crippen MR) is 479 cm³/mol. The number of hydrogen-bond acceptors (Lipinski definition) is 9. The van der Waals surface area contributed by atoms with Gasteiger partial charge in [0.1, 0.15) is 12.2 Å². The smallest absolute Gasteiger partial charge is 0.410 e. The van der Waals surface area contributed by atoms with E-state index in [0.717, 1.165) is 84.2 Å². The van der Waals surface area contributed by atoms with Crippen molar-refractivity contribution in [3.8, 4) is 55.6 Å². The van der Waals surface area contributed by atoms with Gasteiger partial charge in [0.15, 0.2) is 6.29 Å². The first-order chi connectivity index (χ1) is 53.7. The Balaban J connectivity index is -0.000000230. The van der Waals surface area contributed by atoms with Crippen molar-refractivity contribution in [2.45, 2.75) is 212 Å². The summed E-state index contributed by atoms with van der Waals surface area (Å²) < 4.78 is 10.7. The number of aldehydes is 1. The Morgan fingerprint density at radius 1 is 0.420 bits per heavy atom. The maximum atomic E-state index is 11.6. The summed E-state index contributed by atoms with van der Waals surface area (Å²) >= 11 is 0. The molecule has 10 aromatic carbocycles. The van der Waals surface area contributed by atoms with Gasteiger partial charge in [0.25, 0.3) is 0 Å². The molecule has 12 rings (SSSR count). The van der Waals surface area contributed by atoms with Gasteiger partial charge in [0.05, 0.1) is 25.8 Å². The maximum Gasteiger partial charge on any atom is 0.410 e. The molecule has 0 bridgehead atoms. The number of nitrogens with zero attached hydrogens (tertiary/aromatic N) is 1. The number of nitrogens with one attached hydrogen (secondary N) is 1. The van der Waals surface area contributed by atoms with Crippen molar-refractivity contribution in [1.29, 1.82) is 0 Å². The molecule has 2 radical (unpaired) electrons. The number of alkyl carbamates (subject to hydrolysis) is 1. The Bertz CT molecular complexity index is 3930. The summed E-state index contributed by atoms with van der Waals surface area (Å²) in [7, 11) is 1.76. The second kappa shape index (κ2) is 77.1. The van der Waals surface area contributed by atoms with Crippen LogP contribution in [0.3, 0.4) is 0 Å². The van der Waals surface area contributed by atoms with Crippen LogP contribution in [-0.4, -0.2) is 67.1 Å². The number of aliphatic hydroxyl groups excluding tert-OH is 2. The van der Waals surface area contributed by atoms with Crippen molar-refractivity contribution < 1.29 is 104 Å². The van der Waals surface area contributed by atoms with Crippen LogP contribution in [0.15, 0.2) is 243 Å². The topological polar surface area (TPSA) is 168 Å². The SMILES string of the molecule is CC.CC.CC.CC.CC.CC.CC.CC.CC.CC.CC.Cc1cccc(-c2ccccc2C(O)CN)c1.Cc1cccc(-c2ccccc2C2CN(C)C(=O)O2)c1.Cc1cccc(-c2ccccc2C2CNC(=O)O2)c1.Cc1cccc(-c2ccccc2C=O)c1.Cc1cccc(-c2ccccc2CO)c1.[CH-]=O.[Y].[Y]. The molecule has 112 heavy (non-hydrogen) atoms. The van der Waals surface area contributed by atoms with E-state index in [0.29, 0.717) is 13.1 Å². The summed E-state index contributed by atoms with van der Waals surface area (Å²) in [5.41, 5.74) is 27.4. The number of carbonyl (C=O) groups is 3. The van der Waals surface area contributed by atoms with Gasteiger partial charge in [-0.3, -0.25) is 11.6 Å². The van der Waals surface area contributed by atoms with Gasteiger partial charge in [0.2, 0.25) is 0 Å². The van der Waals surface area contributed by atoms with Crippen LogP contribution in [0.5, 0.6) is 0 Å². The molecule has 0 spiro atoms. The number of likely N-dealkylation sites (N-methyl/N-ethyl adjacent to an activating group) is 1. The Morgan fingerprint density at radius 2 is 0.723 bits per heavy atom. The molecular formula is C99H142N3O8Y2-. The molecule has 2 saturated heterocycles. The maximum absolute atomic E-state index is 11.6. The monoisotopic (exact) mass is 1680 g/mol. The summed E-state index contributed by atoms with van der Waals surface area (Å²) in [6.07, 6.45) is -0.698. The molecule has 2 heterocycles. The molecule has 2 amide bonds. The van der Waals surface area contributed by atoms with E-state index in [4.69, 9.17) is 20.0 Å². The van der Waals surface area contributed by atoms with Crippen LogP contribution in [-0.2, 0) is 86.3 Å². The first-order valence-electron chi connectivity index (χ1n) is 40.1. The third-order valence-electron chi connectivity index (χ3n) is 14.8. The number of aliphatic hydroxyl groups is 2. The number of benzene rings is 10. The minimum Gasteiger partial charge on any atom is -0.545 e. The van der Waals surface area contributed by atoms with E-state index >= 15 is 0 Å². The van der Waals surface area contributed by atoms with E-state index in [2.05, 4.69) is 131 Å². The van der Waals surface area contributed by atoms with Crippen molar-refractivity contribution >= 4 is 25.3 Å². The van der Waals surface area contributed by atoms with E-state index < -0.39 is 6.10 Å². The largest absolute Gasteiger partial charge is 0.545 e. The molecule has 3 atom stereocenters. The average Bonchev–Trinajstić information content (AvgIpc) is 1.59. The fraction of sp³-hybridized carbons (Fsp3) is 0.354. The minimum atomic E-state index is -0.605. The van der Waals surface area contributed by atoms with Crippen LogP contribution in [0.2, 0.25) is 0 Å². The van der Waals surface area contributed by atoms with E-state index in [1.54, 1.807) is 11.9 Å². The van der Waals surface area contributed by atoms with Gasteiger partial charge < -0.3 is 40.4 Å². The molecule has 13 heteroatoms. The fourth-order valence-corrected chi connectivity index (χ4v) is 10.4. The van der Waals surface area contributed by atoms with Crippen LogP contribution < -0.4 is 11.1 Å². The Kier molecular flexibility index (Phi) is 80.9. The zero-order valence-corrected chi connectivity index (χ0v) is 79.5. The Morgan fingerprint density at radius 3 is 1.05 bits per heavy atom. The van der Waals surface area contributed by atoms with Gasteiger partial charge in [-0.25, -0.2) is 9.59 Å². The minimum absolute atomic E-state index is 0. The molecule has 608 valence electrons. The second-order valence-electron chi connectivity index (χ2n) is 21.4. The molecule has 0 saturated carbocycles. The molecular weight excluding hydrogens is 1540 g/mol. The molecule has 2 aliphatic heterocycles. The molecule has 0 aliphatic carbocycles. The quantitative estimate of drug-likeness (QED) is 0.0727. The van der Waals surface area contributed by atoms with Crippen LogP contribution in [0.25, 0.3) is 55.6 Å². The molecule has 10 aromatic rings. The van der Waals surface area contributed by atoms with Crippen molar-refractivity contribution in [2.24, 2.45) is 5.73 Å². The molecule has 0 aromatic heterocycles. The number of cyclic esters (lactones) is 2. The summed E-state index contributed by atoms with van der Waals surface area (Å²) in [6, 6.07) is 81.0. The molecule has 2 fully saturated rings. The van der Waals surface area contributed by atoms with Gasteiger partial charge in [-0.1, -0.05) is 423 Å². The molecule has 2 aliphatic rings. The Hall–Kier alpha value is -7.83. The fourth-order valence-electron chi connectivity index (χ4n) is 10.4. The number of nitrogens with two attached hydrogens (primary N) is 1. The van der Waals surface area contributed by atoms with Crippen LogP contribution in [0.1, 0.15) is 231 Å². The van der Waals surface area contributed by atoms with Crippen LogP contribution >= 0.6 is 0 Å². The molecule has 5 N–H and O–H groups in total. The van der Waals surface area contributed by atoms with E-state index in [-0.39, 0.29) is 103 Å². The predicted octanol–water partition coefficient (Wildman–Crippen LogP) is 27.5. The third-order valence-corrected chi connectivity index (χ3v) is 14.8. The zero-order valence-electron chi connectivity index (χ0n) is 73.8. The van der Waals surface area contributed by atoms with Gasteiger partial charge in [-0.2, -0.15) is 0 Å². The second-order valence-corrected chi connectivity index (χ2v) is 21.4. The summed E-state index contributed by atoms with van der Waals surface area (Å²) in [4.78, 5) is 43.0. The summed E-state index contributed by atoms with van der Waals surface area (Å²) in [5, 5.41) is 21.9. The van der Waals surface area contributed by atoms with E-state index in [1.807, 2.05) is 311 Å². The molecule has 11 nitrogen and oxygen atoms in total. The van der Waals surface area contributed by atoms with Crippen molar-refractivity contribution in [2.75, 3.05) is 26.7 Å². The standard InChI is InChI=1S/C17H17NO2.C16H15NO2.C15H17NO.C14H14O.C14H12O.11C2H6.CHO.2Y/c1-12-6-5-7-13(10-12)14-8-3-4-9-15(14)16-11-18(2)17(19)20-16;1-11-5-4-6-12(9-11)13-7-2-3-8-14(13)15-10-17-16(18)19-15;1-11-5-4-6-12(9-11)13-7-2-3-8-14(13)15(17)10-16;2*1-11-5-4-7-12(9-11)14-8-3-2-6-13(14)10-15;12*1-2;;/h3-10,16H,11H2,1-2H3;2-9,15H,10H2,1H3,(H,17,18);2-9,15,17H,10,16H2,1H3;2-9,15H,10H2,1H3;2-10H,1H3;11*1-2H3;1H;;/q;;;;;;;;;;;;;;;;-1;;. The van der Waals surface area contributed by atoms with Crippen LogP contribution in [0, 0.1) is 34.6 Å². The van der Waals surface area contributed by atoms with Gasteiger partial charge in [-0.15, -0.1) is 0 Å². The first kappa shape index (κ1) is 117. The number of ether oxygens (including phenoxy) is 2. The van der Waals surface area contributed by atoms with Gasteiger partial charge in [-0.05, 0) is 101 Å². The summed E-state index contributed by atoms with van der Waals surface area (Å²) in [6.45, 7) is 59.0. The number of rotatable bonds is 11. The Labute approximate surface area is 731 Å². The third kappa shape index (κ3) is 42.9. The number of carbonyl (C=O) groups excluding carboxylic acids is 4. The van der Waals surface area contributed by atoms with Gasteiger partial charge in [0, 0.05) is 95.7 Å². The van der Waals surface area contributed by atoms with Crippen LogP contribution in [0.4, 0.5) is 9.59 Å². The van der Waals surface area contributed by atoms with E-state index in [9.17, 15) is 24.6 Å². The van der Waals surface area contributed by atoms with Crippen molar-refractivity contribution in [3.05, 3.63) is 298 Å². The first-order valence-corrected chi connectivity index (χ1v) is 40.1. The number of amides is 2.